The summed E-state index contributed by atoms with van der Waals surface area (Å²) in [5, 5.41) is 9.15. The van der Waals surface area contributed by atoms with Crippen molar-refractivity contribution in [2.75, 3.05) is 6.61 Å². The van der Waals surface area contributed by atoms with Crippen LogP contribution in [0.5, 0.6) is 5.75 Å². The van der Waals surface area contributed by atoms with Gasteiger partial charge in [0.05, 0.1) is 6.61 Å². The minimum atomic E-state index is -0.377. The molecule has 1 rings (SSSR count). The molecule has 0 heterocycles. The zero-order chi connectivity index (χ0) is 11.3. The van der Waals surface area contributed by atoms with E-state index < -0.39 is 0 Å². The standard InChI is InChI=1S/C11H11BrO3/c1-2-15-11(14)6-4-8-3-5-9(13)7-10(8)12/h3-7,13H,2H2,1H3/b6-4+. The number of hydrogen-bond donors (Lipinski definition) is 1. The molecule has 1 N–H and O–H groups in total. The average Bonchev–Trinajstić information content (AvgIpc) is 2.17. The molecule has 0 unspecified atom stereocenters. The van der Waals surface area contributed by atoms with Crippen molar-refractivity contribution < 1.29 is 14.6 Å². The summed E-state index contributed by atoms with van der Waals surface area (Å²) in [7, 11) is 0. The molecule has 1 aromatic rings. The largest absolute Gasteiger partial charge is 0.508 e. The molecule has 0 bridgehead atoms. The number of aromatic hydroxyl groups is 1. The van der Waals surface area contributed by atoms with Crippen LogP contribution < -0.4 is 0 Å². The van der Waals surface area contributed by atoms with Crippen molar-refractivity contribution >= 4 is 28.0 Å². The van der Waals surface area contributed by atoms with E-state index in [1.807, 2.05) is 0 Å². The van der Waals surface area contributed by atoms with E-state index in [4.69, 9.17) is 9.84 Å². The SMILES string of the molecule is CCOC(=O)/C=C/c1ccc(O)cc1Br. The molecule has 4 heteroatoms. The van der Waals surface area contributed by atoms with Gasteiger partial charge in [-0.3, -0.25) is 0 Å². The van der Waals surface area contributed by atoms with Gasteiger partial charge in [0.1, 0.15) is 5.75 Å². The van der Waals surface area contributed by atoms with Crippen LogP contribution in [0.4, 0.5) is 0 Å². The molecule has 0 aliphatic carbocycles. The summed E-state index contributed by atoms with van der Waals surface area (Å²) >= 11 is 3.27. The van der Waals surface area contributed by atoms with E-state index in [0.29, 0.717) is 6.61 Å². The Kier molecular flexibility index (Phi) is 4.37. The number of carbonyl (C=O) groups excluding carboxylic acids is 1. The van der Waals surface area contributed by atoms with Gasteiger partial charge in [0, 0.05) is 10.5 Å². The Balaban J connectivity index is 2.76. The van der Waals surface area contributed by atoms with E-state index in [9.17, 15) is 4.79 Å². The normalized spacial score (nSPS) is 10.5. The van der Waals surface area contributed by atoms with E-state index in [-0.39, 0.29) is 11.7 Å². The van der Waals surface area contributed by atoms with Crippen LogP contribution in [0.15, 0.2) is 28.7 Å². The number of rotatable bonds is 3. The number of benzene rings is 1. The number of hydrogen-bond acceptors (Lipinski definition) is 3. The van der Waals surface area contributed by atoms with E-state index in [1.54, 1.807) is 31.2 Å². The molecule has 1 aromatic carbocycles. The van der Waals surface area contributed by atoms with Gasteiger partial charge >= 0.3 is 5.97 Å². The number of phenolic OH excluding ortho intramolecular Hbond substituents is 1. The third-order valence-electron chi connectivity index (χ3n) is 1.67. The number of esters is 1. The van der Waals surface area contributed by atoms with Gasteiger partial charge in [0.15, 0.2) is 0 Å². The molecule has 0 saturated carbocycles. The Morgan fingerprint density at radius 3 is 2.93 bits per heavy atom. The summed E-state index contributed by atoms with van der Waals surface area (Å²) in [6.45, 7) is 2.11. The molecular formula is C11H11BrO3. The van der Waals surface area contributed by atoms with Crippen LogP contribution in [0.2, 0.25) is 0 Å². The molecule has 0 spiro atoms. The highest BCUT2D eigenvalue weighted by Gasteiger charge is 1.99. The second-order valence-corrected chi connectivity index (χ2v) is 3.65. The molecular weight excluding hydrogens is 260 g/mol. The van der Waals surface area contributed by atoms with Gasteiger partial charge in [-0.2, -0.15) is 0 Å². The first-order chi connectivity index (χ1) is 7.13. The van der Waals surface area contributed by atoms with E-state index in [1.165, 1.54) is 6.08 Å². The van der Waals surface area contributed by atoms with Crippen LogP contribution in [0.3, 0.4) is 0 Å². The number of halogens is 1. The highest BCUT2D eigenvalue weighted by molar-refractivity contribution is 9.10. The summed E-state index contributed by atoms with van der Waals surface area (Å²) in [6, 6.07) is 4.82. The fourth-order valence-electron chi connectivity index (χ4n) is 0.999. The maximum atomic E-state index is 11.0. The Labute approximate surface area is 96.5 Å². The fraction of sp³-hybridized carbons (Fsp3) is 0.182. The van der Waals surface area contributed by atoms with Gasteiger partial charge in [0.25, 0.3) is 0 Å². The van der Waals surface area contributed by atoms with Crippen LogP contribution in [0, 0.1) is 0 Å². The van der Waals surface area contributed by atoms with E-state index in [2.05, 4.69) is 15.9 Å². The molecule has 0 aromatic heterocycles. The number of carbonyl (C=O) groups is 1. The monoisotopic (exact) mass is 270 g/mol. The molecule has 0 aliphatic rings. The molecule has 0 amide bonds. The summed E-state index contributed by atoms with van der Waals surface area (Å²) < 4.78 is 5.46. The maximum Gasteiger partial charge on any atom is 0.330 e. The van der Waals surface area contributed by atoms with Crippen molar-refractivity contribution in [2.45, 2.75) is 6.92 Å². The summed E-state index contributed by atoms with van der Waals surface area (Å²) in [4.78, 5) is 11.0. The summed E-state index contributed by atoms with van der Waals surface area (Å²) in [5.41, 5.74) is 0.806. The molecule has 0 atom stereocenters. The Morgan fingerprint density at radius 1 is 1.60 bits per heavy atom. The smallest absolute Gasteiger partial charge is 0.330 e. The molecule has 80 valence electrons. The van der Waals surface area contributed by atoms with Gasteiger partial charge in [-0.05, 0) is 30.7 Å². The van der Waals surface area contributed by atoms with Crippen LogP contribution in [-0.4, -0.2) is 17.7 Å². The molecule has 15 heavy (non-hydrogen) atoms. The number of phenols is 1. The maximum absolute atomic E-state index is 11.0. The summed E-state index contributed by atoms with van der Waals surface area (Å²) in [6.07, 6.45) is 2.97. The van der Waals surface area contributed by atoms with Crippen LogP contribution in [0.25, 0.3) is 6.08 Å². The lowest BCUT2D eigenvalue weighted by Gasteiger charge is -1.99. The first kappa shape index (κ1) is 11.8. The van der Waals surface area contributed by atoms with Crippen molar-refractivity contribution in [2.24, 2.45) is 0 Å². The minimum Gasteiger partial charge on any atom is -0.508 e. The topological polar surface area (TPSA) is 46.5 Å². The number of ether oxygens (including phenoxy) is 1. The van der Waals surface area contributed by atoms with Crippen LogP contribution in [-0.2, 0) is 9.53 Å². The molecule has 3 nitrogen and oxygen atoms in total. The lowest BCUT2D eigenvalue weighted by molar-refractivity contribution is -0.137. The third kappa shape index (κ3) is 3.75. The average molecular weight is 271 g/mol. The second kappa shape index (κ2) is 5.56. The van der Waals surface area contributed by atoms with Crippen molar-refractivity contribution in [1.82, 2.24) is 0 Å². The zero-order valence-electron chi connectivity index (χ0n) is 8.24. The Bertz CT molecular complexity index is 385. The van der Waals surface area contributed by atoms with Gasteiger partial charge in [-0.15, -0.1) is 0 Å². The quantitative estimate of drug-likeness (QED) is 0.679. The van der Waals surface area contributed by atoms with Crippen molar-refractivity contribution in [1.29, 1.82) is 0 Å². The Hall–Kier alpha value is -1.29. The fourth-order valence-corrected chi connectivity index (χ4v) is 1.50. The first-order valence-electron chi connectivity index (χ1n) is 4.47. The van der Waals surface area contributed by atoms with Crippen molar-refractivity contribution in [3.05, 3.63) is 34.3 Å². The molecule has 0 saturated heterocycles. The lowest BCUT2D eigenvalue weighted by atomic mass is 10.2. The van der Waals surface area contributed by atoms with Gasteiger partial charge in [-0.1, -0.05) is 22.0 Å². The van der Waals surface area contributed by atoms with E-state index >= 15 is 0 Å². The van der Waals surface area contributed by atoms with Gasteiger partial charge in [0.2, 0.25) is 0 Å². The van der Waals surface area contributed by atoms with Gasteiger partial charge in [-0.25, -0.2) is 4.79 Å². The van der Waals surface area contributed by atoms with E-state index in [0.717, 1.165) is 10.0 Å². The molecule has 0 radical (unpaired) electrons. The van der Waals surface area contributed by atoms with Crippen LogP contribution in [0.1, 0.15) is 12.5 Å². The summed E-state index contributed by atoms with van der Waals surface area (Å²) in [5.74, 6) is -0.201. The van der Waals surface area contributed by atoms with Crippen molar-refractivity contribution in [3.8, 4) is 5.75 Å². The lowest BCUT2D eigenvalue weighted by Crippen LogP contribution is -1.98. The van der Waals surface area contributed by atoms with Gasteiger partial charge < -0.3 is 9.84 Å². The minimum absolute atomic E-state index is 0.176. The first-order valence-corrected chi connectivity index (χ1v) is 5.26. The second-order valence-electron chi connectivity index (χ2n) is 2.79. The third-order valence-corrected chi connectivity index (χ3v) is 2.36. The predicted molar refractivity (Wildman–Crippen MR) is 61.5 cm³/mol. The molecule has 0 aliphatic heterocycles. The predicted octanol–water partition coefficient (Wildman–Crippen LogP) is 2.73. The molecule has 0 fully saturated rings. The van der Waals surface area contributed by atoms with Crippen molar-refractivity contribution in [3.63, 3.8) is 0 Å². The Morgan fingerprint density at radius 2 is 2.33 bits per heavy atom. The zero-order valence-corrected chi connectivity index (χ0v) is 9.82. The highest BCUT2D eigenvalue weighted by atomic mass is 79.9. The highest BCUT2D eigenvalue weighted by Crippen LogP contribution is 2.23. The van der Waals surface area contributed by atoms with Crippen LogP contribution >= 0.6 is 15.9 Å².